The van der Waals surface area contributed by atoms with Gasteiger partial charge in [-0.05, 0) is 50.8 Å². The summed E-state index contributed by atoms with van der Waals surface area (Å²) in [6.45, 7) is 2.96. The number of aromatic nitrogens is 4. The lowest BCUT2D eigenvalue weighted by Crippen LogP contribution is -2.33. The maximum Gasteiger partial charge on any atom is 0.256 e. The minimum absolute atomic E-state index is 0.0482. The fraction of sp³-hybridized carbons (Fsp3) is 0.400. The molecule has 3 aromatic heterocycles. The first-order chi connectivity index (χ1) is 13.2. The summed E-state index contributed by atoms with van der Waals surface area (Å²) in [7, 11) is 0. The molecule has 1 saturated heterocycles. The number of fused-ring (bicyclic) bond motifs is 6. The van der Waals surface area contributed by atoms with E-state index in [1.54, 1.807) is 10.7 Å². The molecule has 138 valence electrons. The average molecular weight is 362 g/mol. The Morgan fingerprint density at radius 3 is 3.04 bits per heavy atom. The Labute approximate surface area is 157 Å². The Hall–Kier alpha value is -2.96. The number of pyridine rings is 1. The van der Waals surface area contributed by atoms with Crippen LogP contribution in [0.2, 0.25) is 0 Å². The molecule has 0 aliphatic carbocycles. The Morgan fingerprint density at radius 1 is 1.19 bits per heavy atom. The van der Waals surface area contributed by atoms with Crippen molar-refractivity contribution in [3.63, 3.8) is 0 Å². The second kappa shape index (κ2) is 6.33. The lowest BCUT2D eigenvalue weighted by atomic mass is 10.1. The summed E-state index contributed by atoms with van der Waals surface area (Å²) in [6, 6.07) is 8.52. The molecule has 7 heteroatoms. The van der Waals surface area contributed by atoms with Crippen molar-refractivity contribution in [2.75, 3.05) is 11.4 Å². The first-order valence-electron chi connectivity index (χ1n) is 9.57. The largest absolute Gasteiger partial charge is 0.349 e. The number of hydrogen-bond donors (Lipinski definition) is 1. The molecule has 2 aliphatic rings. The molecule has 1 fully saturated rings. The van der Waals surface area contributed by atoms with Crippen LogP contribution in [-0.2, 0) is 6.42 Å². The Morgan fingerprint density at radius 2 is 2.11 bits per heavy atom. The zero-order chi connectivity index (χ0) is 18.4. The molecule has 5 rings (SSSR count). The van der Waals surface area contributed by atoms with Gasteiger partial charge in [0.25, 0.3) is 5.91 Å². The van der Waals surface area contributed by atoms with Crippen LogP contribution in [0.25, 0.3) is 5.65 Å². The standard InChI is InChI=1S/C20H22N6O/c1-13-7-8-14-4-2-5-16(23-14)17-6-3-10-25(17)18-9-11-26-19(24-18)15(12-21-26)20(27)22-13/h2,4-5,9,11-13,17H,3,6-8,10H2,1H3,(H,22,27)/t13-,17+/m0/s1. The third kappa shape index (κ3) is 2.83. The minimum atomic E-state index is -0.126. The molecule has 2 aliphatic heterocycles. The topological polar surface area (TPSA) is 75.4 Å². The molecule has 0 spiro atoms. The molecule has 7 nitrogen and oxygen atoms in total. The predicted octanol–water partition coefficient (Wildman–Crippen LogP) is 2.53. The molecule has 0 unspecified atom stereocenters. The molecule has 27 heavy (non-hydrogen) atoms. The van der Waals surface area contributed by atoms with Crippen LogP contribution in [0.5, 0.6) is 0 Å². The lowest BCUT2D eigenvalue weighted by molar-refractivity contribution is 0.0940. The van der Waals surface area contributed by atoms with Crippen LogP contribution >= 0.6 is 0 Å². The average Bonchev–Trinajstić information content (AvgIpc) is 3.32. The van der Waals surface area contributed by atoms with Gasteiger partial charge in [0.1, 0.15) is 11.4 Å². The van der Waals surface area contributed by atoms with E-state index in [2.05, 4.69) is 33.5 Å². The van der Waals surface area contributed by atoms with E-state index in [4.69, 9.17) is 9.97 Å². The second-order valence-corrected chi connectivity index (χ2v) is 7.43. The molecule has 3 aromatic rings. The van der Waals surface area contributed by atoms with Gasteiger partial charge in [-0.1, -0.05) is 6.07 Å². The molecular formula is C20H22N6O. The highest BCUT2D eigenvalue weighted by molar-refractivity contribution is 5.99. The van der Waals surface area contributed by atoms with Crippen molar-refractivity contribution in [3.8, 4) is 0 Å². The van der Waals surface area contributed by atoms with Crippen molar-refractivity contribution in [2.45, 2.75) is 44.7 Å². The highest BCUT2D eigenvalue weighted by Crippen LogP contribution is 2.34. The first kappa shape index (κ1) is 16.2. The molecule has 0 saturated carbocycles. The second-order valence-electron chi connectivity index (χ2n) is 7.43. The molecular weight excluding hydrogens is 340 g/mol. The van der Waals surface area contributed by atoms with E-state index in [0.29, 0.717) is 11.2 Å². The van der Waals surface area contributed by atoms with E-state index >= 15 is 0 Å². The summed E-state index contributed by atoms with van der Waals surface area (Å²) in [6.07, 6.45) is 7.33. The summed E-state index contributed by atoms with van der Waals surface area (Å²) in [5.74, 6) is 0.746. The first-order valence-corrected chi connectivity index (χ1v) is 9.57. The van der Waals surface area contributed by atoms with Gasteiger partial charge in [0.15, 0.2) is 5.65 Å². The Bertz CT molecular complexity index is 1010. The maximum atomic E-state index is 12.7. The Kier molecular flexibility index (Phi) is 3.81. The summed E-state index contributed by atoms with van der Waals surface area (Å²) in [5, 5.41) is 7.37. The fourth-order valence-corrected chi connectivity index (χ4v) is 4.09. The minimum Gasteiger partial charge on any atom is -0.349 e. The molecule has 0 aromatic carbocycles. The van der Waals surface area contributed by atoms with Crippen LogP contribution in [0.1, 0.15) is 54.0 Å². The van der Waals surface area contributed by atoms with Crippen LogP contribution < -0.4 is 10.2 Å². The van der Waals surface area contributed by atoms with Gasteiger partial charge >= 0.3 is 0 Å². The van der Waals surface area contributed by atoms with Gasteiger partial charge in [-0.3, -0.25) is 9.78 Å². The van der Waals surface area contributed by atoms with Gasteiger partial charge in [0.05, 0.1) is 17.9 Å². The normalized spacial score (nSPS) is 22.6. The predicted molar refractivity (Wildman–Crippen MR) is 102 cm³/mol. The van der Waals surface area contributed by atoms with Crippen LogP contribution in [0, 0.1) is 0 Å². The van der Waals surface area contributed by atoms with E-state index in [1.807, 2.05) is 19.2 Å². The zero-order valence-corrected chi connectivity index (χ0v) is 15.3. The number of nitrogens with one attached hydrogen (secondary N) is 1. The molecule has 1 amide bonds. The van der Waals surface area contributed by atoms with Crippen LogP contribution in [0.15, 0.2) is 36.7 Å². The summed E-state index contributed by atoms with van der Waals surface area (Å²) in [4.78, 5) is 24.8. The van der Waals surface area contributed by atoms with E-state index in [0.717, 1.165) is 49.4 Å². The molecule has 4 bridgehead atoms. The fourth-order valence-electron chi connectivity index (χ4n) is 4.09. The van der Waals surface area contributed by atoms with E-state index in [9.17, 15) is 4.79 Å². The molecule has 5 heterocycles. The number of amides is 1. The molecule has 2 atom stereocenters. The molecule has 0 radical (unpaired) electrons. The van der Waals surface area contributed by atoms with Crippen molar-refractivity contribution >= 4 is 17.4 Å². The van der Waals surface area contributed by atoms with Gasteiger partial charge in [-0.25, -0.2) is 9.50 Å². The molecule has 1 N–H and O–H groups in total. The monoisotopic (exact) mass is 362 g/mol. The van der Waals surface area contributed by atoms with Crippen molar-refractivity contribution in [1.82, 2.24) is 24.9 Å². The number of hydrogen-bond acceptors (Lipinski definition) is 5. The summed E-state index contributed by atoms with van der Waals surface area (Å²) in [5.41, 5.74) is 3.30. The third-order valence-corrected chi connectivity index (χ3v) is 5.53. The number of carbonyl (C=O) groups excluding carboxylic acids is 1. The van der Waals surface area contributed by atoms with Crippen molar-refractivity contribution in [3.05, 3.63) is 53.6 Å². The highest BCUT2D eigenvalue weighted by atomic mass is 16.1. The van der Waals surface area contributed by atoms with Gasteiger partial charge in [0, 0.05) is 24.5 Å². The number of aryl methyl sites for hydroxylation is 1. The van der Waals surface area contributed by atoms with E-state index in [1.165, 1.54) is 0 Å². The van der Waals surface area contributed by atoms with Gasteiger partial charge in [0.2, 0.25) is 0 Å². The van der Waals surface area contributed by atoms with Crippen molar-refractivity contribution in [1.29, 1.82) is 0 Å². The number of rotatable bonds is 0. The lowest BCUT2D eigenvalue weighted by Gasteiger charge is -2.26. The Balaban J connectivity index is 1.66. The van der Waals surface area contributed by atoms with Crippen molar-refractivity contribution in [2.24, 2.45) is 0 Å². The van der Waals surface area contributed by atoms with Gasteiger partial charge < -0.3 is 10.2 Å². The van der Waals surface area contributed by atoms with E-state index in [-0.39, 0.29) is 18.0 Å². The van der Waals surface area contributed by atoms with Crippen LogP contribution in [0.3, 0.4) is 0 Å². The highest BCUT2D eigenvalue weighted by Gasteiger charge is 2.29. The van der Waals surface area contributed by atoms with Crippen molar-refractivity contribution < 1.29 is 4.79 Å². The third-order valence-electron chi connectivity index (χ3n) is 5.53. The number of anilines is 1. The summed E-state index contributed by atoms with van der Waals surface area (Å²) < 4.78 is 1.67. The number of nitrogens with zero attached hydrogens (tertiary/aromatic N) is 5. The van der Waals surface area contributed by atoms with Gasteiger partial charge in [-0.15, -0.1) is 0 Å². The zero-order valence-electron chi connectivity index (χ0n) is 15.3. The van der Waals surface area contributed by atoms with E-state index < -0.39 is 0 Å². The quantitative estimate of drug-likeness (QED) is 0.665. The summed E-state index contributed by atoms with van der Waals surface area (Å²) >= 11 is 0. The van der Waals surface area contributed by atoms with Crippen LogP contribution in [-0.4, -0.2) is 38.1 Å². The smallest absolute Gasteiger partial charge is 0.256 e. The van der Waals surface area contributed by atoms with Crippen LogP contribution in [0.4, 0.5) is 5.82 Å². The maximum absolute atomic E-state index is 12.7. The number of carbonyl (C=O) groups is 1. The SMILES string of the molecule is C[C@H]1CCc2cccc(n2)[C@H]2CCCN2c2ccn3ncc(c3n2)C(=O)N1. The van der Waals surface area contributed by atoms with Gasteiger partial charge in [-0.2, -0.15) is 5.10 Å².